The first-order chi connectivity index (χ1) is 17.6. The number of benzene rings is 2. The number of nitrogens with zero attached hydrogens (tertiary/aromatic N) is 4. The van der Waals surface area contributed by atoms with Gasteiger partial charge in [0.2, 0.25) is 16.0 Å². The average molecular weight is 537 g/mol. The Morgan fingerprint density at radius 2 is 1.70 bits per heavy atom. The molecule has 0 aliphatic carbocycles. The van der Waals surface area contributed by atoms with E-state index in [9.17, 15) is 8.42 Å². The summed E-state index contributed by atoms with van der Waals surface area (Å²) in [6, 6.07) is 15.8. The van der Waals surface area contributed by atoms with E-state index in [0.717, 1.165) is 53.2 Å². The molecule has 1 aliphatic rings. The Balaban J connectivity index is 1.36. The van der Waals surface area contributed by atoms with Gasteiger partial charge >= 0.3 is 0 Å². The van der Waals surface area contributed by atoms with Gasteiger partial charge in [0, 0.05) is 54.2 Å². The fourth-order valence-electron chi connectivity index (χ4n) is 4.10. The van der Waals surface area contributed by atoms with Gasteiger partial charge in [0.1, 0.15) is 0 Å². The van der Waals surface area contributed by atoms with Crippen LogP contribution < -0.4 is 14.9 Å². The van der Waals surface area contributed by atoms with Crippen LogP contribution in [0.25, 0.3) is 21.3 Å². The molecule has 0 spiro atoms. The number of nitrogens with one attached hydrogen (secondary N) is 2. The number of piperazine rings is 1. The minimum atomic E-state index is -3.52. The number of likely N-dealkylation sites (N-methyl/N-ethyl adjacent to an activating group) is 1. The first-order valence-electron chi connectivity index (χ1n) is 12.3. The molecule has 0 radical (unpaired) electrons. The standard InChI is InChI=1S/C27H32N6O2S2/c1-27(2,3)37(34,35)31-21-7-5-6-19(16-21)23-18-36-24-17-28-26(30-25(23)24)29-20-8-10-22(11-9-20)33-14-12-32(4)13-15-33/h5-11,16-18,31H,12-15H2,1-4H3,(H,28,29,30). The topological polar surface area (TPSA) is 90.5 Å². The molecule has 5 rings (SSSR count). The molecule has 0 unspecified atom stereocenters. The van der Waals surface area contributed by atoms with Crippen molar-refractivity contribution in [3.63, 3.8) is 0 Å². The first-order valence-corrected chi connectivity index (χ1v) is 14.6. The molecule has 0 bridgehead atoms. The van der Waals surface area contributed by atoms with Crippen molar-refractivity contribution in [3.05, 3.63) is 60.1 Å². The van der Waals surface area contributed by atoms with E-state index in [1.807, 2.05) is 29.8 Å². The number of aromatic nitrogens is 2. The van der Waals surface area contributed by atoms with Crippen molar-refractivity contribution in [2.24, 2.45) is 0 Å². The number of thiophene rings is 1. The fourth-order valence-corrected chi connectivity index (χ4v) is 5.72. The second kappa shape index (κ2) is 9.92. The maximum absolute atomic E-state index is 12.6. The summed E-state index contributed by atoms with van der Waals surface area (Å²) >= 11 is 1.56. The molecule has 194 valence electrons. The molecule has 1 fully saturated rings. The first kappa shape index (κ1) is 25.4. The van der Waals surface area contributed by atoms with Crippen LogP contribution in [-0.4, -0.2) is 61.3 Å². The normalized spacial score (nSPS) is 15.2. The van der Waals surface area contributed by atoms with E-state index in [1.165, 1.54) is 5.69 Å². The predicted molar refractivity (Wildman–Crippen MR) is 155 cm³/mol. The minimum Gasteiger partial charge on any atom is -0.369 e. The van der Waals surface area contributed by atoms with Crippen molar-refractivity contribution < 1.29 is 8.42 Å². The second-order valence-corrected chi connectivity index (χ2v) is 13.7. The summed E-state index contributed by atoms with van der Waals surface area (Å²) in [5.41, 5.74) is 5.32. The van der Waals surface area contributed by atoms with E-state index >= 15 is 0 Å². The van der Waals surface area contributed by atoms with Crippen LogP contribution in [0.3, 0.4) is 0 Å². The number of fused-ring (bicyclic) bond motifs is 1. The van der Waals surface area contributed by atoms with Crippen LogP contribution in [0.15, 0.2) is 60.1 Å². The zero-order valence-corrected chi connectivity index (χ0v) is 23.2. The Morgan fingerprint density at radius 1 is 0.973 bits per heavy atom. The van der Waals surface area contributed by atoms with Crippen molar-refractivity contribution >= 4 is 54.6 Å². The fraction of sp³-hybridized carbons (Fsp3) is 0.333. The van der Waals surface area contributed by atoms with E-state index in [4.69, 9.17) is 4.98 Å². The summed E-state index contributed by atoms with van der Waals surface area (Å²) < 4.78 is 28.0. The second-order valence-electron chi connectivity index (χ2n) is 10.3. The van der Waals surface area contributed by atoms with Gasteiger partial charge in [0.25, 0.3) is 0 Å². The molecule has 8 nitrogen and oxygen atoms in total. The molecule has 0 atom stereocenters. The molecule has 37 heavy (non-hydrogen) atoms. The molecule has 2 aromatic heterocycles. The Kier molecular flexibility index (Phi) is 6.82. The summed E-state index contributed by atoms with van der Waals surface area (Å²) in [5.74, 6) is 0.518. The lowest BCUT2D eigenvalue weighted by Crippen LogP contribution is -2.44. The Morgan fingerprint density at radius 3 is 2.41 bits per heavy atom. The van der Waals surface area contributed by atoms with Crippen LogP contribution in [0, 0.1) is 0 Å². The van der Waals surface area contributed by atoms with E-state index in [1.54, 1.807) is 38.2 Å². The highest BCUT2D eigenvalue weighted by Gasteiger charge is 2.29. The van der Waals surface area contributed by atoms with Crippen LogP contribution in [-0.2, 0) is 10.0 Å². The predicted octanol–water partition coefficient (Wildman–Crippen LogP) is 5.39. The highest BCUT2D eigenvalue weighted by Crippen LogP contribution is 2.35. The van der Waals surface area contributed by atoms with Gasteiger partial charge in [-0.2, -0.15) is 0 Å². The molecular weight excluding hydrogens is 504 g/mol. The lowest BCUT2D eigenvalue weighted by Gasteiger charge is -2.34. The van der Waals surface area contributed by atoms with Crippen molar-refractivity contribution in [2.45, 2.75) is 25.5 Å². The number of anilines is 4. The van der Waals surface area contributed by atoms with E-state index in [0.29, 0.717) is 11.6 Å². The number of sulfonamides is 1. The molecule has 1 aliphatic heterocycles. The lowest BCUT2D eigenvalue weighted by molar-refractivity contribution is 0.313. The Bertz CT molecular complexity index is 1500. The zero-order chi connectivity index (χ0) is 26.2. The molecule has 10 heteroatoms. The largest absolute Gasteiger partial charge is 0.369 e. The van der Waals surface area contributed by atoms with Crippen LogP contribution in [0.2, 0.25) is 0 Å². The zero-order valence-electron chi connectivity index (χ0n) is 21.5. The van der Waals surface area contributed by atoms with Crippen LogP contribution >= 0.6 is 11.3 Å². The van der Waals surface area contributed by atoms with E-state index < -0.39 is 14.8 Å². The SMILES string of the molecule is CN1CCN(c2ccc(Nc3ncc4scc(-c5cccc(NS(=O)(=O)C(C)(C)C)c5)c4n3)cc2)CC1. The quantitative estimate of drug-likeness (QED) is 0.341. The van der Waals surface area contributed by atoms with E-state index in [-0.39, 0.29) is 0 Å². The lowest BCUT2D eigenvalue weighted by atomic mass is 10.1. The van der Waals surface area contributed by atoms with Crippen molar-refractivity contribution in [2.75, 3.05) is 48.2 Å². The van der Waals surface area contributed by atoms with Crippen molar-refractivity contribution in [3.8, 4) is 11.1 Å². The summed E-state index contributed by atoms with van der Waals surface area (Å²) in [6.07, 6.45) is 1.82. The van der Waals surface area contributed by atoms with Crippen LogP contribution in [0.4, 0.5) is 23.0 Å². The maximum Gasteiger partial charge on any atom is 0.237 e. The van der Waals surface area contributed by atoms with Crippen LogP contribution in [0.1, 0.15) is 20.8 Å². The summed E-state index contributed by atoms with van der Waals surface area (Å²) in [7, 11) is -1.36. The van der Waals surface area contributed by atoms with Gasteiger partial charge in [-0.15, -0.1) is 11.3 Å². The smallest absolute Gasteiger partial charge is 0.237 e. The number of rotatable bonds is 6. The molecule has 2 N–H and O–H groups in total. The van der Waals surface area contributed by atoms with Gasteiger partial charge in [0.15, 0.2) is 0 Å². The van der Waals surface area contributed by atoms with Gasteiger partial charge in [-0.25, -0.2) is 18.4 Å². The maximum atomic E-state index is 12.6. The molecule has 2 aromatic carbocycles. The Hall–Kier alpha value is -3.21. The summed E-state index contributed by atoms with van der Waals surface area (Å²) in [6.45, 7) is 9.24. The molecule has 3 heterocycles. The average Bonchev–Trinajstić information content (AvgIpc) is 3.28. The van der Waals surface area contributed by atoms with Gasteiger partial charge in [-0.1, -0.05) is 12.1 Å². The van der Waals surface area contributed by atoms with Gasteiger partial charge in [-0.05, 0) is 69.8 Å². The van der Waals surface area contributed by atoms with Gasteiger partial charge in [0.05, 0.1) is 21.2 Å². The van der Waals surface area contributed by atoms with Gasteiger partial charge < -0.3 is 15.1 Å². The summed E-state index contributed by atoms with van der Waals surface area (Å²) in [4.78, 5) is 14.1. The number of hydrogen-bond acceptors (Lipinski definition) is 8. The third-order valence-corrected chi connectivity index (χ3v) is 9.56. The highest BCUT2D eigenvalue weighted by molar-refractivity contribution is 7.94. The van der Waals surface area contributed by atoms with Crippen LogP contribution in [0.5, 0.6) is 0 Å². The third kappa shape index (κ3) is 5.56. The molecule has 4 aromatic rings. The third-order valence-electron chi connectivity index (χ3n) is 6.54. The van der Waals surface area contributed by atoms with Crippen molar-refractivity contribution in [1.82, 2.24) is 14.9 Å². The molecule has 1 saturated heterocycles. The monoisotopic (exact) mass is 536 g/mol. The molecular formula is C27H32N6O2S2. The Labute approximate surface area is 222 Å². The summed E-state index contributed by atoms with van der Waals surface area (Å²) in [5, 5.41) is 5.36. The molecule has 0 saturated carbocycles. The minimum absolute atomic E-state index is 0.518. The highest BCUT2D eigenvalue weighted by atomic mass is 32.2. The van der Waals surface area contributed by atoms with Crippen molar-refractivity contribution in [1.29, 1.82) is 0 Å². The molecule has 0 amide bonds. The van der Waals surface area contributed by atoms with Gasteiger partial charge in [-0.3, -0.25) is 4.72 Å². The van der Waals surface area contributed by atoms with E-state index in [2.05, 4.69) is 56.1 Å². The number of hydrogen-bond donors (Lipinski definition) is 2.